The molecule has 0 saturated heterocycles. The molecule has 116 valence electrons. The Labute approximate surface area is 136 Å². The number of benzene rings is 2. The van der Waals surface area contributed by atoms with Crippen LogP contribution in [0, 0.1) is 0 Å². The van der Waals surface area contributed by atoms with Gasteiger partial charge in [0.25, 0.3) is 0 Å². The predicted octanol–water partition coefficient (Wildman–Crippen LogP) is 2.90. The monoisotopic (exact) mass is 384 g/mol. The van der Waals surface area contributed by atoms with E-state index in [1.54, 1.807) is 12.1 Å². The lowest BCUT2D eigenvalue weighted by atomic mass is 10.2. The third kappa shape index (κ3) is 3.05. The molecule has 1 N–H and O–H groups in total. The summed E-state index contributed by atoms with van der Waals surface area (Å²) in [7, 11) is -3.52. The average molecular weight is 385 g/mol. The SMILES string of the molecule is O=S(=O)(Cc1cc2c(cc1Br)OCCO2)c1ccc(O)cc1. The van der Waals surface area contributed by atoms with E-state index < -0.39 is 9.84 Å². The zero-order chi connectivity index (χ0) is 15.7. The van der Waals surface area contributed by atoms with E-state index in [4.69, 9.17) is 9.47 Å². The van der Waals surface area contributed by atoms with Crippen molar-refractivity contribution in [2.24, 2.45) is 0 Å². The summed E-state index contributed by atoms with van der Waals surface area (Å²) in [6.07, 6.45) is 0. The number of rotatable bonds is 3. The van der Waals surface area contributed by atoms with Crippen molar-refractivity contribution in [1.82, 2.24) is 0 Å². The topological polar surface area (TPSA) is 72.8 Å². The number of ether oxygens (including phenoxy) is 2. The molecule has 3 rings (SSSR count). The van der Waals surface area contributed by atoms with Crippen LogP contribution in [0.2, 0.25) is 0 Å². The zero-order valence-corrected chi connectivity index (χ0v) is 13.9. The van der Waals surface area contributed by atoms with Gasteiger partial charge in [0.15, 0.2) is 21.3 Å². The largest absolute Gasteiger partial charge is 0.508 e. The number of phenols is 1. The van der Waals surface area contributed by atoms with E-state index in [0.29, 0.717) is 34.7 Å². The fraction of sp³-hybridized carbons (Fsp3) is 0.200. The molecule has 1 aliphatic heterocycles. The summed E-state index contributed by atoms with van der Waals surface area (Å²) in [6, 6.07) is 8.87. The van der Waals surface area contributed by atoms with E-state index in [9.17, 15) is 13.5 Å². The number of halogens is 1. The van der Waals surface area contributed by atoms with Gasteiger partial charge in [-0.15, -0.1) is 0 Å². The summed E-state index contributed by atoms with van der Waals surface area (Å²) in [5.74, 6) is 1.00. The van der Waals surface area contributed by atoms with Crippen LogP contribution in [-0.2, 0) is 15.6 Å². The van der Waals surface area contributed by atoms with Crippen LogP contribution < -0.4 is 9.47 Å². The molecule has 2 aromatic rings. The molecule has 0 aromatic heterocycles. The normalized spacial score (nSPS) is 13.9. The molecule has 1 heterocycles. The second kappa shape index (κ2) is 5.81. The quantitative estimate of drug-likeness (QED) is 0.880. The van der Waals surface area contributed by atoms with Crippen LogP contribution in [0.1, 0.15) is 5.56 Å². The van der Waals surface area contributed by atoms with Gasteiger partial charge in [0.2, 0.25) is 0 Å². The molecule has 0 saturated carbocycles. The highest BCUT2D eigenvalue weighted by molar-refractivity contribution is 9.10. The molecule has 0 unspecified atom stereocenters. The molecule has 0 fully saturated rings. The Hall–Kier alpha value is -1.73. The summed E-state index contributed by atoms with van der Waals surface area (Å²) in [5, 5.41) is 9.26. The average Bonchev–Trinajstić information content (AvgIpc) is 2.48. The lowest BCUT2D eigenvalue weighted by molar-refractivity contribution is 0.171. The summed E-state index contributed by atoms with van der Waals surface area (Å²) < 4.78 is 36.5. The van der Waals surface area contributed by atoms with Gasteiger partial charge in [-0.25, -0.2) is 8.42 Å². The summed E-state index contributed by atoms with van der Waals surface area (Å²) in [5.41, 5.74) is 0.595. The molecule has 0 aliphatic carbocycles. The van der Waals surface area contributed by atoms with Gasteiger partial charge in [-0.1, -0.05) is 15.9 Å². The van der Waals surface area contributed by atoms with E-state index in [-0.39, 0.29) is 16.4 Å². The van der Waals surface area contributed by atoms with Crippen LogP contribution in [-0.4, -0.2) is 26.7 Å². The van der Waals surface area contributed by atoms with Crippen molar-refractivity contribution in [2.45, 2.75) is 10.6 Å². The van der Waals surface area contributed by atoms with E-state index >= 15 is 0 Å². The molecule has 0 bridgehead atoms. The first-order valence-electron chi connectivity index (χ1n) is 6.55. The third-order valence-corrected chi connectivity index (χ3v) is 5.67. The molecule has 2 aromatic carbocycles. The van der Waals surface area contributed by atoms with Crippen LogP contribution >= 0.6 is 15.9 Å². The van der Waals surface area contributed by atoms with Crippen molar-refractivity contribution in [3.8, 4) is 17.2 Å². The maximum Gasteiger partial charge on any atom is 0.182 e. The standard InChI is InChI=1S/C15H13BrO5S/c16-13-8-15-14(20-5-6-21-15)7-10(13)9-22(18,19)12-3-1-11(17)2-4-12/h1-4,7-8,17H,5-6,9H2. The molecule has 7 heteroatoms. The van der Waals surface area contributed by atoms with Crippen molar-refractivity contribution < 1.29 is 23.0 Å². The van der Waals surface area contributed by atoms with E-state index in [1.165, 1.54) is 24.3 Å². The van der Waals surface area contributed by atoms with Crippen LogP contribution in [0.15, 0.2) is 45.8 Å². The van der Waals surface area contributed by atoms with Crippen molar-refractivity contribution >= 4 is 25.8 Å². The fourth-order valence-corrected chi connectivity index (χ4v) is 4.17. The Morgan fingerprint density at radius 3 is 2.27 bits per heavy atom. The molecule has 5 nitrogen and oxygen atoms in total. The van der Waals surface area contributed by atoms with E-state index in [0.717, 1.165) is 0 Å². The molecular weight excluding hydrogens is 372 g/mol. The minimum atomic E-state index is -3.52. The number of phenolic OH excluding ortho intramolecular Hbond substituents is 1. The molecule has 0 amide bonds. The maximum atomic E-state index is 12.5. The van der Waals surface area contributed by atoms with Crippen LogP contribution in [0.4, 0.5) is 0 Å². The Bertz CT molecular complexity index is 799. The third-order valence-electron chi connectivity index (χ3n) is 3.25. The van der Waals surface area contributed by atoms with Crippen molar-refractivity contribution in [1.29, 1.82) is 0 Å². The first kappa shape index (κ1) is 15.2. The molecule has 0 spiro atoms. The molecular formula is C15H13BrO5S. The highest BCUT2D eigenvalue weighted by Gasteiger charge is 2.20. The Morgan fingerprint density at radius 2 is 1.64 bits per heavy atom. The van der Waals surface area contributed by atoms with E-state index in [1.807, 2.05) is 0 Å². The summed E-state index contributed by atoms with van der Waals surface area (Å²) in [4.78, 5) is 0.159. The molecule has 0 radical (unpaired) electrons. The maximum absolute atomic E-state index is 12.5. The Balaban J connectivity index is 1.93. The van der Waals surface area contributed by atoms with Gasteiger partial charge in [-0.05, 0) is 42.0 Å². The first-order chi connectivity index (χ1) is 10.5. The van der Waals surface area contributed by atoms with Gasteiger partial charge in [-0.3, -0.25) is 0 Å². The number of aromatic hydroxyl groups is 1. The zero-order valence-electron chi connectivity index (χ0n) is 11.5. The minimum absolute atomic E-state index is 0.0273. The summed E-state index contributed by atoms with van der Waals surface area (Å²) >= 11 is 3.37. The number of hydrogen-bond donors (Lipinski definition) is 1. The predicted molar refractivity (Wildman–Crippen MR) is 84.1 cm³/mol. The number of sulfone groups is 1. The molecule has 22 heavy (non-hydrogen) atoms. The number of fused-ring (bicyclic) bond motifs is 1. The van der Waals surface area contributed by atoms with E-state index in [2.05, 4.69) is 15.9 Å². The lowest BCUT2D eigenvalue weighted by Crippen LogP contribution is -2.16. The van der Waals surface area contributed by atoms with Crippen LogP contribution in [0.5, 0.6) is 17.2 Å². The summed E-state index contributed by atoms with van der Waals surface area (Å²) in [6.45, 7) is 0.920. The van der Waals surface area contributed by atoms with Gasteiger partial charge < -0.3 is 14.6 Å². The highest BCUT2D eigenvalue weighted by atomic mass is 79.9. The lowest BCUT2D eigenvalue weighted by Gasteiger charge is -2.20. The fourth-order valence-electron chi connectivity index (χ4n) is 2.16. The smallest absolute Gasteiger partial charge is 0.182 e. The van der Waals surface area contributed by atoms with Gasteiger partial charge in [0, 0.05) is 4.47 Å². The molecule has 0 atom stereocenters. The van der Waals surface area contributed by atoms with Gasteiger partial charge in [0.05, 0.1) is 10.6 Å². The van der Waals surface area contributed by atoms with Gasteiger partial charge >= 0.3 is 0 Å². The van der Waals surface area contributed by atoms with Crippen LogP contribution in [0.3, 0.4) is 0 Å². The van der Waals surface area contributed by atoms with Crippen molar-refractivity contribution in [2.75, 3.05) is 13.2 Å². The van der Waals surface area contributed by atoms with Gasteiger partial charge in [-0.2, -0.15) is 0 Å². The number of hydrogen-bond acceptors (Lipinski definition) is 5. The van der Waals surface area contributed by atoms with Crippen molar-refractivity contribution in [3.63, 3.8) is 0 Å². The van der Waals surface area contributed by atoms with Crippen LogP contribution in [0.25, 0.3) is 0 Å². The Kier molecular flexibility index (Phi) is 4.01. The highest BCUT2D eigenvalue weighted by Crippen LogP contribution is 2.36. The van der Waals surface area contributed by atoms with Crippen molar-refractivity contribution in [3.05, 3.63) is 46.4 Å². The minimum Gasteiger partial charge on any atom is -0.508 e. The van der Waals surface area contributed by atoms with Gasteiger partial charge in [0.1, 0.15) is 19.0 Å². The molecule has 1 aliphatic rings. The Morgan fingerprint density at radius 1 is 1.05 bits per heavy atom. The second-order valence-corrected chi connectivity index (χ2v) is 7.68. The first-order valence-corrected chi connectivity index (χ1v) is 9.00. The second-order valence-electron chi connectivity index (χ2n) is 4.84.